The fourth-order valence-electron chi connectivity index (χ4n) is 3.01. The Bertz CT molecular complexity index is 1190. The molecule has 0 bridgehead atoms. The van der Waals surface area contributed by atoms with E-state index < -0.39 is 0 Å². The quantitative estimate of drug-likeness (QED) is 0.532. The van der Waals surface area contributed by atoms with Crippen molar-refractivity contribution >= 4 is 11.7 Å². The van der Waals surface area contributed by atoms with Crippen LogP contribution >= 0.6 is 0 Å². The van der Waals surface area contributed by atoms with Gasteiger partial charge in [-0.25, -0.2) is 4.68 Å². The zero-order chi connectivity index (χ0) is 21.3. The Morgan fingerprint density at radius 2 is 1.83 bits per heavy atom. The minimum Gasteiger partial charge on any atom is -0.355 e. The van der Waals surface area contributed by atoms with Crippen molar-refractivity contribution in [2.24, 2.45) is 0 Å². The van der Waals surface area contributed by atoms with Crippen molar-refractivity contribution in [2.45, 2.75) is 33.1 Å². The zero-order valence-electron chi connectivity index (χ0n) is 17.4. The van der Waals surface area contributed by atoms with E-state index in [0.29, 0.717) is 11.6 Å². The number of pyridine rings is 1. The minimum atomic E-state index is -0.367. The van der Waals surface area contributed by atoms with Crippen molar-refractivity contribution in [3.05, 3.63) is 77.9 Å². The Labute approximate surface area is 174 Å². The van der Waals surface area contributed by atoms with Crippen LogP contribution in [0.3, 0.4) is 0 Å². The molecule has 30 heavy (non-hydrogen) atoms. The lowest BCUT2D eigenvalue weighted by atomic mass is 9.92. The lowest BCUT2D eigenvalue weighted by Crippen LogP contribution is -2.15. The van der Waals surface area contributed by atoms with Gasteiger partial charge in [0, 0.05) is 35.5 Å². The van der Waals surface area contributed by atoms with Crippen molar-refractivity contribution in [2.75, 3.05) is 5.32 Å². The maximum Gasteiger partial charge on any atom is 0.279 e. The van der Waals surface area contributed by atoms with E-state index in [1.165, 1.54) is 0 Å². The highest BCUT2D eigenvalue weighted by Gasteiger charge is 2.23. The summed E-state index contributed by atoms with van der Waals surface area (Å²) in [6.07, 6.45) is 3.32. The Morgan fingerprint density at radius 1 is 1.07 bits per heavy atom. The van der Waals surface area contributed by atoms with Crippen LogP contribution in [0.1, 0.15) is 42.5 Å². The number of carbonyl (C=O) groups is 1. The van der Waals surface area contributed by atoms with E-state index in [0.717, 1.165) is 22.5 Å². The number of benzene rings is 1. The molecule has 0 fully saturated rings. The highest BCUT2D eigenvalue weighted by atomic mass is 16.5. The molecule has 3 aromatic heterocycles. The maximum atomic E-state index is 12.9. The first kappa shape index (κ1) is 19.6. The summed E-state index contributed by atoms with van der Waals surface area (Å²) in [7, 11) is 0. The van der Waals surface area contributed by atoms with E-state index in [-0.39, 0.29) is 17.0 Å². The van der Waals surface area contributed by atoms with Crippen molar-refractivity contribution in [3.63, 3.8) is 0 Å². The molecule has 7 nitrogen and oxygen atoms in total. The molecule has 4 aromatic rings. The second kappa shape index (κ2) is 7.59. The van der Waals surface area contributed by atoms with E-state index in [1.54, 1.807) is 35.3 Å². The summed E-state index contributed by atoms with van der Waals surface area (Å²) >= 11 is 0. The second-order valence-electron chi connectivity index (χ2n) is 8.18. The monoisotopic (exact) mass is 401 g/mol. The maximum absolute atomic E-state index is 12.9. The lowest BCUT2D eigenvalue weighted by molar-refractivity contribution is 0.101. The topological polar surface area (TPSA) is 85.8 Å². The Hall–Kier alpha value is -3.74. The van der Waals surface area contributed by atoms with Crippen LogP contribution in [0.4, 0.5) is 5.82 Å². The zero-order valence-corrected chi connectivity index (χ0v) is 17.4. The number of carbonyl (C=O) groups excluding carboxylic acids is 1. The van der Waals surface area contributed by atoms with E-state index in [9.17, 15) is 4.79 Å². The molecular formula is C23H23N5O2. The Morgan fingerprint density at radius 3 is 2.53 bits per heavy atom. The first-order chi connectivity index (χ1) is 14.3. The van der Waals surface area contributed by atoms with Gasteiger partial charge in [0.2, 0.25) is 0 Å². The Kier molecular flexibility index (Phi) is 4.95. The molecule has 1 N–H and O–H groups in total. The molecule has 0 saturated carbocycles. The van der Waals surface area contributed by atoms with Gasteiger partial charge in [0.1, 0.15) is 5.82 Å². The molecule has 1 aromatic carbocycles. The smallest absolute Gasteiger partial charge is 0.279 e. The molecule has 152 valence electrons. The summed E-state index contributed by atoms with van der Waals surface area (Å²) in [5, 5.41) is 11.6. The first-order valence-electron chi connectivity index (χ1n) is 9.67. The van der Waals surface area contributed by atoms with Gasteiger partial charge in [-0.15, -0.1) is 0 Å². The number of anilines is 1. The number of hydrogen-bond donors (Lipinski definition) is 1. The van der Waals surface area contributed by atoms with Crippen LogP contribution in [-0.2, 0) is 5.41 Å². The molecule has 3 heterocycles. The van der Waals surface area contributed by atoms with Gasteiger partial charge in [0.05, 0.1) is 11.4 Å². The average molecular weight is 401 g/mol. The summed E-state index contributed by atoms with van der Waals surface area (Å²) in [5.74, 6) is 0.711. The second-order valence-corrected chi connectivity index (χ2v) is 8.18. The SMILES string of the molecule is Cc1cccc(-n2nc(C(C)(C)C)cc2NC(=O)c2cc(-c3ccncc3)on2)c1. The van der Waals surface area contributed by atoms with Gasteiger partial charge in [-0.3, -0.25) is 9.78 Å². The van der Waals surface area contributed by atoms with Crippen LogP contribution in [0, 0.1) is 6.92 Å². The third-order valence-electron chi connectivity index (χ3n) is 4.67. The number of aromatic nitrogens is 4. The summed E-state index contributed by atoms with van der Waals surface area (Å²) in [6.45, 7) is 8.27. The molecule has 0 spiro atoms. The molecule has 0 atom stereocenters. The van der Waals surface area contributed by atoms with E-state index >= 15 is 0 Å². The van der Waals surface area contributed by atoms with Crippen LogP contribution < -0.4 is 5.32 Å². The molecule has 0 radical (unpaired) electrons. The van der Waals surface area contributed by atoms with Crippen molar-refractivity contribution in [1.82, 2.24) is 19.9 Å². The number of nitrogens with one attached hydrogen (secondary N) is 1. The fraction of sp³-hybridized carbons (Fsp3) is 0.217. The first-order valence-corrected chi connectivity index (χ1v) is 9.67. The third-order valence-corrected chi connectivity index (χ3v) is 4.67. The third kappa shape index (κ3) is 4.00. The van der Waals surface area contributed by atoms with Gasteiger partial charge in [-0.1, -0.05) is 38.1 Å². The molecule has 0 aliphatic heterocycles. The van der Waals surface area contributed by atoms with Crippen molar-refractivity contribution in [1.29, 1.82) is 0 Å². The van der Waals surface area contributed by atoms with E-state index in [1.807, 2.05) is 37.3 Å². The summed E-state index contributed by atoms with van der Waals surface area (Å²) < 4.78 is 7.08. The van der Waals surface area contributed by atoms with Gasteiger partial charge in [0.25, 0.3) is 5.91 Å². The van der Waals surface area contributed by atoms with E-state index in [2.05, 4.69) is 36.2 Å². The van der Waals surface area contributed by atoms with Gasteiger partial charge < -0.3 is 9.84 Å². The van der Waals surface area contributed by atoms with Crippen molar-refractivity contribution in [3.8, 4) is 17.0 Å². The standard InChI is InChI=1S/C23H23N5O2/c1-15-6-5-7-17(12-15)28-21(14-20(26-28)23(2,3)4)25-22(29)18-13-19(30-27-18)16-8-10-24-11-9-16/h5-14H,1-4H3,(H,25,29). The van der Waals surface area contributed by atoms with Crippen LogP contribution in [0.25, 0.3) is 17.0 Å². The summed E-state index contributed by atoms with van der Waals surface area (Å²) in [6, 6.07) is 15.1. The molecule has 0 unspecified atom stereocenters. The predicted octanol–water partition coefficient (Wildman–Crippen LogP) is 4.78. The fourth-order valence-corrected chi connectivity index (χ4v) is 3.01. The highest BCUT2D eigenvalue weighted by Crippen LogP contribution is 2.27. The van der Waals surface area contributed by atoms with Gasteiger partial charge >= 0.3 is 0 Å². The normalized spacial score (nSPS) is 11.5. The van der Waals surface area contributed by atoms with E-state index in [4.69, 9.17) is 9.62 Å². The average Bonchev–Trinajstić information content (AvgIpc) is 3.36. The molecule has 1 amide bonds. The van der Waals surface area contributed by atoms with Crippen LogP contribution in [0.2, 0.25) is 0 Å². The molecular weight excluding hydrogens is 378 g/mol. The molecule has 4 rings (SSSR count). The highest BCUT2D eigenvalue weighted by molar-refractivity contribution is 6.03. The lowest BCUT2D eigenvalue weighted by Gasteiger charge is -2.14. The van der Waals surface area contributed by atoms with Crippen molar-refractivity contribution < 1.29 is 9.32 Å². The summed E-state index contributed by atoms with van der Waals surface area (Å²) in [4.78, 5) is 16.9. The predicted molar refractivity (Wildman–Crippen MR) is 115 cm³/mol. The number of aryl methyl sites for hydroxylation is 1. The van der Waals surface area contributed by atoms with Crippen LogP contribution in [0.5, 0.6) is 0 Å². The number of nitrogens with zero attached hydrogens (tertiary/aromatic N) is 4. The molecule has 7 heteroatoms. The number of rotatable bonds is 4. The van der Waals surface area contributed by atoms with Gasteiger partial charge in [-0.2, -0.15) is 5.10 Å². The van der Waals surface area contributed by atoms with Crippen LogP contribution in [-0.4, -0.2) is 25.8 Å². The largest absolute Gasteiger partial charge is 0.355 e. The van der Waals surface area contributed by atoms with Gasteiger partial charge in [0.15, 0.2) is 11.5 Å². The minimum absolute atomic E-state index is 0.170. The molecule has 0 aliphatic rings. The number of amides is 1. The number of hydrogen-bond acceptors (Lipinski definition) is 5. The Balaban J connectivity index is 1.66. The summed E-state index contributed by atoms with van der Waals surface area (Å²) in [5.41, 5.74) is 3.68. The van der Waals surface area contributed by atoms with Gasteiger partial charge in [-0.05, 0) is 36.8 Å². The van der Waals surface area contributed by atoms with Crippen LogP contribution in [0.15, 0.2) is 65.4 Å². The molecule has 0 aliphatic carbocycles. The molecule has 0 saturated heterocycles.